The number of hydrogen-bond donors (Lipinski definition) is 1. The molecule has 100 valence electrons. The lowest BCUT2D eigenvalue weighted by Crippen LogP contribution is -2.04. The van der Waals surface area contributed by atoms with Gasteiger partial charge < -0.3 is 10.5 Å². The Morgan fingerprint density at radius 2 is 1.84 bits per heavy atom. The lowest BCUT2D eigenvalue weighted by molar-refractivity contribution is 0.282. The van der Waals surface area contributed by atoms with E-state index in [9.17, 15) is 13.2 Å². The van der Waals surface area contributed by atoms with Crippen molar-refractivity contribution in [1.82, 2.24) is 0 Å². The number of benzene rings is 2. The van der Waals surface area contributed by atoms with Crippen LogP contribution in [0.3, 0.4) is 0 Å². The maximum absolute atomic E-state index is 13.5. The number of rotatable bonds is 3. The third-order valence-corrected chi connectivity index (χ3v) is 3.07. The van der Waals surface area contributed by atoms with Gasteiger partial charge in [-0.25, -0.2) is 13.2 Å². The van der Waals surface area contributed by atoms with Crippen molar-refractivity contribution < 1.29 is 17.9 Å². The van der Waals surface area contributed by atoms with Gasteiger partial charge in [-0.2, -0.15) is 0 Å². The van der Waals surface area contributed by atoms with Gasteiger partial charge >= 0.3 is 0 Å². The molecule has 0 aliphatic heterocycles. The Morgan fingerprint density at radius 1 is 1.11 bits per heavy atom. The normalized spacial score (nSPS) is 10.5. The van der Waals surface area contributed by atoms with E-state index >= 15 is 0 Å². The summed E-state index contributed by atoms with van der Waals surface area (Å²) in [6, 6.07) is 5.94. The van der Waals surface area contributed by atoms with E-state index in [1.807, 2.05) is 0 Å². The molecular formula is C13H9BrF3NO. The fourth-order valence-electron chi connectivity index (χ4n) is 1.54. The molecule has 0 spiro atoms. The van der Waals surface area contributed by atoms with E-state index < -0.39 is 17.5 Å². The van der Waals surface area contributed by atoms with Gasteiger partial charge in [0, 0.05) is 17.3 Å². The zero-order chi connectivity index (χ0) is 14.0. The molecule has 19 heavy (non-hydrogen) atoms. The standard InChI is InChI=1S/C13H9BrF3NO/c14-9-4-7(15)5-11(17)13(9)19-6-8-10(16)2-1-3-12(8)18/h1-5H,6,18H2. The van der Waals surface area contributed by atoms with Gasteiger partial charge in [-0.1, -0.05) is 6.07 Å². The minimum atomic E-state index is -0.873. The Kier molecular flexibility index (Phi) is 3.99. The molecular weight excluding hydrogens is 323 g/mol. The molecule has 2 aromatic rings. The maximum atomic E-state index is 13.5. The van der Waals surface area contributed by atoms with Crippen LogP contribution in [-0.4, -0.2) is 0 Å². The number of nitrogens with two attached hydrogens (primary N) is 1. The number of ether oxygens (including phenoxy) is 1. The van der Waals surface area contributed by atoms with E-state index in [0.29, 0.717) is 6.07 Å². The number of hydrogen-bond acceptors (Lipinski definition) is 2. The topological polar surface area (TPSA) is 35.2 Å². The highest BCUT2D eigenvalue weighted by atomic mass is 79.9. The summed E-state index contributed by atoms with van der Waals surface area (Å²) < 4.78 is 45.2. The zero-order valence-corrected chi connectivity index (χ0v) is 11.2. The summed E-state index contributed by atoms with van der Waals surface area (Å²) in [6.07, 6.45) is 0. The van der Waals surface area contributed by atoms with Crippen molar-refractivity contribution in [3.63, 3.8) is 0 Å². The van der Waals surface area contributed by atoms with Crippen LogP contribution in [-0.2, 0) is 6.61 Å². The number of anilines is 1. The van der Waals surface area contributed by atoms with Gasteiger partial charge in [0.25, 0.3) is 0 Å². The Hall–Kier alpha value is -1.69. The molecule has 2 nitrogen and oxygen atoms in total. The van der Waals surface area contributed by atoms with Crippen LogP contribution in [0.1, 0.15) is 5.56 Å². The molecule has 0 atom stereocenters. The summed E-state index contributed by atoms with van der Waals surface area (Å²) in [5.74, 6) is -2.34. The average molecular weight is 332 g/mol. The highest BCUT2D eigenvalue weighted by Crippen LogP contribution is 2.30. The molecule has 0 radical (unpaired) electrons. The second kappa shape index (κ2) is 5.52. The lowest BCUT2D eigenvalue weighted by atomic mass is 10.2. The summed E-state index contributed by atoms with van der Waals surface area (Å²) in [7, 11) is 0. The van der Waals surface area contributed by atoms with E-state index in [1.165, 1.54) is 18.2 Å². The Labute approximate surface area is 116 Å². The molecule has 0 heterocycles. The molecule has 0 aliphatic carbocycles. The van der Waals surface area contributed by atoms with Crippen LogP contribution in [0.5, 0.6) is 5.75 Å². The van der Waals surface area contributed by atoms with Gasteiger partial charge in [0.2, 0.25) is 0 Å². The SMILES string of the molecule is Nc1cccc(F)c1COc1c(F)cc(F)cc1Br. The summed E-state index contributed by atoms with van der Waals surface area (Å²) in [4.78, 5) is 0. The predicted molar refractivity (Wildman–Crippen MR) is 69.2 cm³/mol. The van der Waals surface area contributed by atoms with E-state index in [2.05, 4.69) is 15.9 Å². The van der Waals surface area contributed by atoms with Gasteiger partial charge in [0.1, 0.15) is 18.2 Å². The monoisotopic (exact) mass is 331 g/mol. The number of nitrogen functional groups attached to an aromatic ring is 1. The molecule has 0 aromatic heterocycles. The van der Waals surface area contributed by atoms with Crippen LogP contribution in [0.25, 0.3) is 0 Å². The Morgan fingerprint density at radius 3 is 2.47 bits per heavy atom. The first-order valence-electron chi connectivity index (χ1n) is 5.29. The van der Waals surface area contributed by atoms with Crippen molar-refractivity contribution in [3.05, 3.63) is 57.8 Å². The molecule has 2 rings (SSSR count). The van der Waals surface area contributed by atoms with Crippen molar-refractivity contribution >= 4 is 21.6 Å². The Balaban J connectivity index is 2.24. The maximum Gasteiger partial charge on any atom is 0.169 e. The quantitative estimate of drug-likeness (QED) is 0.862. The fraction of sp³-hybridized carbons (Fsp3) is 0.0769. The zero-order valence-electron chi connectivity index (χ0n) is 9.59. The molecule has 0 aliphatic rings. The van der Waals surface area contributed by atoms with Gasteiger partial charge in [-0.05, 0) is 34.1 Å². The molecule has 0 unspecified atom stereocenters. The second-order valence-electron chi connectivity index (χ2n) is 3.79. The van der Waals surface area contributed by atoms with Crippen molar-refractivity contribution in [3.8, 4) is 5.75 Å². The molecule has 6 heteroatoms. The van der Waals surface area contributed by atoms with Crippen LogP contribution in [0, 0.1) is 17.5 Å². The molecule has 2 N–H and O–H groups in total. The number of halogens is 4. The molecule has 2 aromatic carbocycles. The molecule has 0 bridgehead atoms. The summed E-state index contributed by atoms with van der Waals surface area (Å²) in [5.41, 5.74) is 5.93. The van der Waals surface area contributed by atoms with E-state index in [-0.39, 0.29) is 28.1 Å². The van der Waals surface area contributed by atoms with Crippen LogP contribution < -0.4 is 10.5 Å². The van der Waals surface area contributed by atoms with Crippen LogP contribution in [0.4, 0.5) is 18.9 Å². The van der Waals surface area contributed by atoms with Gasteiger partial charge in [0.05, 0.1) is 4.47 Å². The smallest absolute Gasteiger partial charge is 0.169 e. The highest BCUT2D eigenvalue weighted by molar-refractivity contribution is 9.10. The summed E-state index contributed by atoms with van der Waals surface area (Å²) in [6.45, 7) is -0.250. The lowest BCUT2D eigenvalue weighted by Gasteiger charge is -2.11. The Bertz CT molecular complexity index is 576. The molecule has 0 saturated carbocycles. The predicted octanol–water partition coefficient (Wildman–Crippen LogP) is 4.03. The minimum Gasteiger partial charge on any atom is -0.484 e. The van der Waals surface area contributed by atoms with Crippen molar-refractivity contribution in [2.24, 2.45) is 0 Å². The summed E-state index contributed by atoms with van der Waals surface area (Å²) >= 11 is 2.98. The average Bonchev–Trinajstić information content (AvgIpc) is 2.31. The highest BCUT2D eigenvalue weighted by Gasteiger charge is 2.13. The van der Waals surface area contributed by atoms with E-state index in [4.69, 9.17) is 10.5 Å². The second-order valence-corrected chi connectivity index (χ2v) is 4.65. The molecule has 0 amide bonds. The van der Waals surface area contributed by atoms with Gasteiger partial charge in [0.15, 0.2) is 11.6 Å². The molecule has 0 fully saturated rings. The third-order valence-electron chi connectivity index (χ3n) is 2.48. The summed E-state index contributed by atoms with van der Waals surface area (Å²) in [5, 5.41) is 0. The van der Waals surface area contributed by atoms with E-state index in [0.717, 1.165) is 6.07 Å². The fourth-order valence-corrected chi connectivity index (χ4v) is 2.06. The first-order chi connectivity index (χ1) is 8.99. The minimum absolute atomic E-state index is 0.111. The largest absolute Gasteiger partial charge is 0.484 e. The van der Waals surface area contributed by atoms with Crippen LogP contribution >= 0.6 is 15.9 Å². The first kappa shape index (κ1) is 13.7. The van der Waals surface area contributed by atoms with Gasteiger partial charge in [-0.3, -0.25) is 0 Å². The third kappa shape index (κ3) is 3.01. The van der Waals surface area contributed by atoms with Gasteiger partial charge in [-0.15, -0.1) is 0 Å². The van der Waals surface area contributed by atoms with Crippen molar-refractivity contribution in [2.45, 2.75) is 6.61 Å². The van der Waals surface area contributed by atoms with Crippen LogP contribution in [0.2, 0.25) is 0 Å². The van der Waals surface area contributed by atoms with Crippen molar-refractivity contribution in [1.29, 1.82) is 0 Å². The molecule has 0 saturated heterocycles. The van der Waals surface area contributed by atoms with Crippen LogP contribution in [0.15, 0.2) is 34.8 Å². The van der Waals surface area contributed by atoms with E-state index in [1.54, 1.807) is 0 Å². The first-order valence-corrected chi connectivity index (χ1v) is 6.08. The van der Waals surface area contributed by atoms with Crippen molar-refractivity contribution in [2.75, 3.05) is 5.73 Å².